The van der Waals surface area contributed by atoms with Gasteiger partial charge >= 0.3 is 25.4 Å². The zero-order valence-corrected chi connectivity index (χ0v) is 6.67. The van der Waals surface area contributed by atoms with Crippen LogP contribution in [0.5, 0.6) is 0 Å². The van der Waals surface area contributed by atoms with Crippen LogP contribution in [-0.2, 0) is 8.23 Å². The molecule has 0 aliphatic heterocycles. The van der Waals surface area contributed by atoms with Gasteiger partial charge in [-0.3, -0.25) is 4.79 Å². The zero-order valence-electron chi connectivity index (χ0n) is 3.67. The van der Waals surface area contributed by atoms with Crippen LogP contribution in [0.25, 0.3) is 0 Å². The van der Waals surface area contributed by atoms with E-state index < -0.39 is 15.4 Å². The zero-order chi connectivity index (χ0) is 6.41. The Kier molecular flexibility index (Phi) is 5.21. The molecule has 0 amide bonds. The molecule has 0 rings (SSSR count). The lowest BCUT2D eigenvalue weighted by atomic mass is 11.6. The van der Waals surface area contributed by atoms with Crippen LogP contribution < -0.4 is 0 Å². The summed E-state index contributed by atoms with van der Waals surface area (Å²) in [5.41, 5.74) is -0.971. The molecule has 0 fully saturated rings. The Morgan fingerprint density at radius 1 is 1.75 bits per heavy atom. The summed E-state index contributed by atoms with van der Waals surface area (Å²) in [6.45, 7) is 0. The smallest absolute Gasteiger partial charge is 0.409 e. The molecule has 7 radical (unpaired) electrons. The van der Waals surface area contributed by atoms with Crippen molar-refractivity contribution in [3.63, 3.8) is 0 Å². The number of rotatable bonds is 4. The fourth-order valence-electron chi connectivity index (χ4n) is 0.0853. The quantitative estimate of drug-likeness (QED) is 0.421. The van der Waals surface area contributed by atoms with E-state index in [-0.39, 0.29) is 10.0 Å². The van der Waals surface area contributed by atoms with Gasteiger partial charge in [0.1, 0.15) is 0 Å². The Balaban J connectivity index is 2.82. The maximum absolute atomic E-state index is 9.69. The lowest BCUT2D eigenvalue weighted by Crippen LogP contribution is -2.14. The first kappa shape index (κ1) is 8.04. The van der Waals surface area contributed by atoms with Gasteiger partial charge in [-0.25, -0.2) is 0 Å². The van der Waals surface area contributed by atoms with Crippen molar-refractivity contribution in [1.29, 1.82) is 0 Å². The second-order valence-electron chi connectivity index (χ2n) is 0.695. The highest BCUT2D eigenvalue weighted by atomic mass is 28.3. The van der Waals surface area contributed by atoms with Crippen molar-refractivity contribution < 1.29 is 18.1 Å². The van der Waals surface area contributed by atoms with Gasteiger partial charge in [-0.1, -0.05) is 0 Å². The van der Waals surface area contributed by atoms with Gasteiger partial charge in [-0.2, -0.15) is 0 Å². The third-order valence-electron chi connectivity index (χ3n) is 0.222. The molecule has 0 aromatic heterocycles. The average molecular weight is 161 g/mol. The van der Waals surface area contributed by atoms with Crippen LogP contribution in [0, 0.1) is 0 Å². The van der Waals surface area contributed by atoms with Gasteiger partial charge in [-0.05, 0) is 0 Å². The molecular formula is CHO4Si3. The molecule has 0 aliphatic rings. The Hall–Kier alpha value is 0.0406. The number of carbonyl (C=O) groups is 1. The lowest BCUT2D eigenvalue weighted by Gasteiger charge is -1.90. The molecular weight excluding hydrogens is 160 g/mol. The summed E-state index contributed by atoms with van der Waals surface area (Å²) < 4.78 is 8.68. The van der Waals surface area contributed by atoms with Crippen molar-refractivity contribution in [2.24, 2.45) is 0 Å². The van der Waals surface area contributed by atoms with E-state index in [0.717, 1.165) is 0 Å². The van der Waals surface area contributed by atoms with Gasteiger partial charge in [0.15, 0.2) is 0 Å². The van der Waals surface area contributed by atoms with Gasteiger partial charge in [0.25, 0.3) is 0 Å². The van der Waals surface area contributed by atoms with Crippen molar-refractivity contribution in [3.05, 3.63) is 0 Å². The van der Waals surface area contributed by atoms with Gasteiger partial charge < -0.3 is 13.3 Å². The molecule has 0 atom stereocenters. The molecule has 0 aliphatic carbocycles. The molecule has 0 unspecified atom stereocenters. The maximum atomic E-state index is 9.69. The monoisotopic (exact) mass is 161 g/mol. The summed E-state index contributed by atoms with van der Waals surface area (Å²) in [6, 6.07) is 0. The average Bonchev–Trinajstić information content (AvgIpc) is 1.66. The highest BCUT2D eigenvalue weighted by Crippen LogP contribution is 1.67. The molecule has 0 aromatic rings. The lowest BCUT2D eigenvalue weighted by molar-refractivity contribution is 0.217. The van der Waals surface area contributed by atoms with E-state index in [1.807, 2.05) is 0 Å². The molecule has 7 heteroatoms. The van der Waals surface area contributed by atoms with Crippen molar-refractivity contribution in [1.82, 2.24) is 0 Å². The van der Waals surface area contributed by atoms with E-state index in [9.17, 15) is 4.79 Å². The molecule has 41 valence electrons. The molecule has 0 bridgehead atoms. The second kappa shape index (κ2) is 5.18. The van der Waals surface area contributed by atoms with Crippen LogP contribution in [0.1, 0.15) is 0 Å². The predicted molar refractivity (Wildman–Crippen MR) is 27.5 cm³/mol. The number of carboxylic acid groups (broad SMARTS) is 1. The SMILES string of the molecule is O=C(O)[Si]O[Si]O[Si]. The van der Waals surface area contributed by atoms with Crippen LogP contribution in [-0.4, -0.2) is 41.0 Å². The van der Waals surface area contributed by atoms with E-state index in [2.05, 4.69) is 18.7 Å². The van der Waals surface area contributed by atoms with Crippen LogP contribution in [0.2, 0.25) is 0 Å². The minimum absolute atomic E-state index is 0.247. The number of hydrogen-bond acceptors (Lipinski definition) is 3. The molecule has 0 spiro atoms. The molecule has 4 nitrogen and oxygen atoms in total. The van der Waals surface area contributed by atoms with Crippen molar-refractivity contribution in [2.75, 3.05) is 0 Å². The Bertz CT molecular complexity index is 73.7. The van der Waals surface area contributed by atoms with Crippen molar-refractivity contribution in [3.8, 4) is 0 Å². The van der Waals surface area contributed by atoms with Crippen LogP contribution in [0.3, 0.4) is 0 Å². The molecule has 0 saturated carbocycles. The van der Waals surface area contributed by atoms with E-state index in [1.165, 1.54) is 0 Å². The van der Waals surface area contributed by atoms with Crippen LogP contribution in [0.15, 0.2) is 0 Å². The fraction of sp³-hybridized carbons (Fsp3) is 0. The first-order valence-electron chi connectivity index (χ1n) is 1.49. The molecule has 0 aromatic carbocycles. The van der Waals surface area contributed by atoms with E-state index in [1.54, 1.807) is 0 Å². The molecule has 0 saturated heterocycles. The minimum Gasteiger partial charge on any atom is -0.484 e. The van der Waals surface area contributed by atoms with Crippen LogP contribution >= 0.6 is 0 Å². The largest absolute Gasteiger partial charge is 0.484 e. The summed E-state index contributed by atoms with van der Waals surface area (Å²) in [5, 5.41) is 7.96. The molecule has 1 N–H and O–H groups in total. The van der Waals surface area contributed by atoms with Gasteiger partial charge in [-0.15, -0.1) is 0 Å². The summed E-state index contributed by atoms with van der Waals surface area (Å²) in [4.78, 5) is 9.69. The highest BCUT2D eigenvalue weighted by Gasteiger charge is 1.99. The first-order valence-corrected chi connectivity index (χ1v) is 3.63. The minimum atomic E-state index is -0.971. The molecule has 0 heterocycles. The van der Waals surface area contributed by atoms with Gasteiger partial charge in [0, 0.05) is 0 Å². The fourth-order valence-corrected chi connectivity index (χ4v) is 1.14. The number of hydrogen-bond donors (Lipinski definition) is 1. The standard InChI is InChI=1S/CHO4Si3/c2-1(3)7-5-8-4-6/h(H,2,3). The summed E-state index contributed by atoms with van der Waals surface area (Å²) in [6.07, 6.45) is 0. The van der Waals surface area contributed by atoms with E-state index >= 15 is 0 Å². The van der Waals surface area contributed by atoms with Gasteiger partial charge in [0.2, 0.25) is 10.5 Å². The maximum Gasteiger partial charge on any atom is 0.409 e. The van der Waals surface area contributed by atoms with Gasteiger partial charge in [0.05, 0.1) is 0 Å². The Labute approximate surface area is 54.7 Å². The second-order valence-corrected chi connectivity index (χ2v) is 3.13. The third-order valence-corrected chi connectivity index (χ3v) is 1.47. The first-order chi connectivity index (χ1) is 3.77. The van der Waals surface area contributed by atoms with Crippen LogP contribution in [0.4, 0.5) is 4.79 Å². The normalized spacial score (nSPS) is 9.12. The highest BCUT2D eigenvalue weighted by molar-refractivity contribution is 6.69. The predicted octanol–water partition coefficient (Wildman–Crippen LogP) is -1.07. The molecule has 8 heavy (non-hydrogen) atoms. The van der Waals surface area contributed by atoms with Crippen molar-refractivity contribution in [2.45, 2.75) is 0 Å². The van der Waals surface area contributed by atoms with E-state index in [4.69, 9.17) is 5.11 Å². The summed E-state index contributed by atoms with van der Waals surface area (Å²) in [5.74, 6) is 0. The Morgan fingerprint density at radius 3 is 2.75 bits per heavy atom. The summed E-state index contributed by atoms with van der Waals surface area (Å²) in [7, 11) is 1.86. The summed E-state index contributed by atoms with van der Waals surface area (Å²) >= 11 is 0. The Morgan fingerprint density at radius 2 is 2.38 bits per heavy atom. The van der Waals surface area contributed by atoms with E-state index in [0.29, 0.717) is 0 Å². The topological polar surface area (TPSA) is 55.8 Å². The van der Waals surface area contributed by atoms with Crippen molar-refractivity contribution >= 4 is 35.8 Å². The third kappa shape index (κ3) is 6.04.